The highest BCUT2D eigenvalue weighted by Gasteiger charge is 2.25. The Bertz CT molecular complexity index is 670. The highest BCUT2D eigenvalue weighted by atomic mass is 16.4. The quantitative estimate of drug-likeness (QED) is 0.865. The van der Waals surface area contributed by atoms with Gasteiger partial charge in [0.1, 0.15) is 17.9 Å². The maximum Gasteiger partial charge on any atom is 0.137 e. The molecule has 1 saturated heterocycles. The first-order chi connectivity index (χ1) is 10.6. The van der Waals surface area contributed by atoms with Gasteiger partial charge in [0.05, 0.1) is 18.8 Å². The molecule has 3 heterocycles. The van der Waals surface area contributed by atoms with Crippen molar-refractivity contribution in [2.45, 2.75) is 39.2 Å². The van der Waals surface area contributed by atoms with Crippen LogP contribution in [0.25, 0.3) is 5.65 Å². The second kappa shape index (κ2) is 6.08. The van der Waals surface area contributed by atoms with Gasteiger partial charge >= 0.3 is 0 Å². The fourth-order valence-corrected chi connectivity index (χ4v) is 3.38. The number of hydrogen-bond acceptors (Lipinski definition) is 3. The highest BCUT2D eigenvalue weighted by Crippen LogP contribution is 2.20. The number of piperidine rings is 1. The molecule has 3 rings (SSSR count). The molecule has 0 spiro atoms. The Labute approximate surface area is 130 Å². The normalized spacial score (nSPS) is 22.3. The van der Waals surface area contributed by atoms with E-state index < -0.39 is 5.97 Å². The summed E-state index contributed by atoms with van der Waals surface area (Å²) < 4.78 is 2.17. The van der Waals surface area contributed by atoms with Gasteiger partial charge in [0.25, 0.3) is 0 Å². The number of fused-ring (bicyclic) bond motifs is 1. The molecule has 0 aromatic carbocycles. The van der Waals surface area contributed by atoms with Gasteiger partial charge in [-0.05, 0) is 18.1 Å². The maximum absolute atomic E-state index is 11.0. The van der Waals surface area contributed by atoms with Crippen LogP contribution in [0.2, 0.25) is 0 Å². The zero-order chi connectivity index (χ0) is 15.7. The number of nitrogens with one attached hydrogen (secondary N) is 1. The van der Waals surface area contributed by atoms with Gasteiger partial charge < -0.3 is 14.8 Å². The van der Waals surface area contributed by atoms with E-state index in [9.17, 15) is 9.90 Å². The topological polar surface area (TPSA) is 61.9 Å². The summed E-state index contributed by atoms with van der Waals surface area (Å²) in [5.74, 6) is -0.776. The predicted octanol–water partition coefficient (Wildman–Crippen LogP) is 0.00250. The van der Waals surface area contributed by atoms with Gasteiger partial charge in [0, 0.05) is 30.9 Å². The summed E-state index contributed by atoms with van der Waals surface area (Å²) in [5.41, 5.74) is 3.40. The van der Waals surface area contributed by atoms with E-state index in [1.54, 1.807) is 0 Å². The van der Waals surface area contributed by atoms with E-state index in [0.29, 0.717) is 18.8 Å². The molecular formula is C17H23N3O2. The number of likely N-dealkylation sites (tertiary alicyclic amines) is 1. The lowest BCUT2D eigenvalue weighted by molar-refractivity contribution is -0.919. The minimum Gasteiger partial charge on any atom is -0.550 e. The Morgan fingerprint density at radius 3 is 2.77 bits per heavy atom. The van der Waals surface area contributed by atoms with Crippen LogP contribution in [-0.4, -0.2) is 28.4 Å². The van der Waals surface area contributed by atoms with Crippen molar-refractivity contribution in [3.8, 4) is 0 Å². The van der Waals surface area contributed by atoms with Crippen LogP contribution in [0.3, 0.4) is 0 Å². The Hall–Kier alpha value is -1.88. The second-order valence-corrected chi connectivity index (χ2v) is 6.55. The number of quaternary nitrogens is 1. The standard InChI is InChI=1S/C17H23N3O2/c1-12(2)16-14(20-8-4-3-5-15(20)18-16)11-19-9-6-13(7-10-19)17(21)22/h3-5,8,12-13H,6-7,9-11H2,1-2H3,(H,21,22). The van der Waals surface area contributed by atoms with Crippen LogP contribution in [0.1, 0.15) is 44.0 Å². The Kier molecular flexibility index (Phi) is 4.16. The Balaban J connectivity index is 1.82. The summed E-state index contributed by atoms with van der Waals surface area (Å²) in [6.45, 7) is 7.01. The number of hydrogen-bond donors (Lipinski definition) is 1. The van der Waals surface area contributed by atoms with Crippen molar-refractivity contribution < 1.29 is 14.8 Å². The molecule has 2 aromatic heterocycles. The van der Waals surface area contributed by atoms with E-state index in [1.807, 2.05) is 18.2 Å². The molecule has 0 bridgehead atoms. The van der Waals surface area contributed by atoms with Gasteiger partial charge in [-0.3, -0.25) is 4.40 Å². The third kappa shape index (κ3) is 2.86. The van der Waals surface area contributed by atoms with Crippen LogP contribution in [-0.2, 0) is 11.3 Å². The summed E-state index contributed by atoms with van der Waals surface area (Å²) in [6.07, 6.45) is 3.49. The Morgan fingerprint density at radius 1 is 1.41 bits per heavy atom. The molecule has 0 aliphatic carbocycles. The minimum atomic E-state index is -0.892. The lowest BCUT2D eigenvalue weighted by Gasteiger charge is -2.29. The van der Waals surface area contributed by atoms with Gasteiger partial charge in [-0.15, -0.1) is 0 Å². The van der Waals surface area contributed by atoms with E-state index >= 15 is 0 Å². The van der Waals surface area contributed by atoms with E-state index in [4.69, 9.17) is 4.98 Å². The molecule has 22 heavy (non-hydrogen) atoms. The van der Waals surface area contributed by atoms with Gasteiger partial charge in [0.15, 0.2) is 0 Å². The molecule has 0 radical (unpaired) electrons. The largest absolute Gasteiger partial charge is 0.550 e. The van der Waals surface area contributed by atoms with E-state index in [-0.39, 0.29) is 5.92 Å². The number of nitrogens with zero attached hydrogens (tertiary/aromatic N) is 2. The molecule has 1 N–H and O–H groups in total. The smallest absolute Gasteiger partial charge is 0.137 e. The number of carbonyl (C=O) groups excluding carboxylic acids is 1. The van der Waals surface area contributed by atoms with Crippen LogP contribution in [0, 0.1) is 5.92 Å². The molecule has 0 atom stereocenters. The second-order valence-electron chi connectivity index (χ2n) is 6.55. The fourth-order valence-electron chi connectivity index (χ4n) is 3.38. The van der Waals surface area contributed by atoms with Gasteiger partial charge in [0.2, 0.25) is 0 Å². The first-order valence-electron chi connectivity index (χ1n) is 8.06. The van der Waals surface area contributed by atoms with Gasteiger partial charge in [-0.2, -0.15) is 0 Å². The van der Waals surface area contributed by atoms with Crippen LogP contribution < -0.4 is 10.0 Å². The molecule has 1 aliphatic heterocycles. The first-order valence-corrected chi connectivity index (χ1v) is 8.06. The number of pyridine rings is 1. The number of carbonyl (C=O) groups is 1. The van der Waals surface area contributed by atoms with Crippen molar-refractivity contribution in [1.82, 2.24) is 9.38 Å². The fraction of sp³-hybridized carbons (Fsp3) is 0.529. The number of rotatable bonds is 4. The zero-order valence-electron chi connectivity index (χ0n) is 13.2. The van der Waals surface area contributed by atoms with Gasteiger partial charge in [-0.25, -0.2) is 4.98 Å². The maximum atomic E-state index is 11.0. The number of imidazole rings is 1. The summed E-state index contributed by atoms with van der Waals surface area (Å²) in [5, 5.41) is 11.0. The van der Waals surface area contributed by atoms with E-state index in [1.165, 1.54) is 10.6 Å². The third-order valence-electron chi connectivity index (χ3n) is 4.65. The molecular weight excluding hydrogens is 278 g/mol. The Morgan fingerprint density at radius 2 is 2.14 bits per heavy atom. The molecule has 1 aliphatic rings. The summed E-state index contributed by atoms with van der Waals surface area (Å²) >= 11 is 0. The van der Waals surface area contributed by atoms with Crippen LogP contribution >= 0.6 is 0 Å². The first kappa shape index (κ1) is 15.0. The molecule has 0 saturated carbocycles. The van der Waals surface area contributed by atoms with E-state index in [2.05, 4.69) is 24.4 Å². The number of aliphatic carboxylic acids is 1. The minimum absolute atomic E-state index is 0.268. The summed E-state index contributed by atoms with van der Waals surface area (Å²) in [7, 11) is 0. The lowest BCUT2D eigenvalue weighted by atomic mass is 9.97. The number of carboxylic acids is 1. The van der Waals surface area contributed by atoms with Crippen molar-refractivity contribution in [2.24, 2.45) is 5.92 Å². The number of aromatic nitrogens is 2. The monoisotopic (exact) mass is 301 g/mol. The van der Waals surface area contributed by atoms with Crippen LogP contribution in [0.4, 0.5) is 0 Å². The van der Waals surface area contributed by atoms with Crippen molar-refractivity contribution in [3.63, 3.8) is 0 Å². The van der Waals surface area contributed by atoms with Crippen molar-refractivity contribution in [2.75, 3.05) is 13.1 Å². The van der Waals surface area contributed by atoms with Crippen molar-refractivity contribution in [1.29, 1.82) is 0 Å². The third-order valence-corrected chi connectivity index (χ3v) is 4.65. The number of carboxylic acid groups (broad SMARTS) is 1. The predicted molar refractivity (Wildman–Crippen MR) is 81.4 cm³/mol. The average Bonchev–Trinajstić information content (AvgIpc) is 2.87. The molecule has 0 amide bonds. The van der Waals surface area contributed by atoms with Crippen LogP contribution in [0.15, 0.2) is 24.4 Å². The van der Waals surface area contributed by atoms with Gasteiger partial charge in [-0.1, -0.05) is 19.9 Å². The molecule has 1 fully saturated rings. The molecule has 5 nitrogen and oxygen atoms in total. The molecule has 5 heteroatoms. The molecule has 2 aromatic rings. The summed E-state index contributed by atoms with van der Waals surface area (Å²) in [4.78, 5) is 17.2. The lowest BCUT2D eigenvalue weighted by Crippen LogP contribution is -3.12. The van der Waals surface area contributed by atoms with E-state index in [0.717, 1.165) is 31.0 Å². The van der Waals surface area contributed by atoms with Crippen LogP contribution in [0.5, 0.6) is 0 Å². The SMILES string of the molecule is CC(C)c1nc2ccccn2c1C[NH+]1CCC(C(=O)[O-])CC1. The molecule has 0 unspecified atom stereocenters. The highest BCUT2D eigenvalue weighted by molar-refractivity contribution is 5.67. The zero-order valence-corrected chi connectivity index (χ0v) is 13.2. The average molecular weight is 301 g/mol. The van der Waals surface area contributed by atoms with Crippen molar-refractivity contribution in [3.05, 3.63) is 35.8 Å². The summed E-state index contributed by atoms with van der Waals surface area (Å²) in [6, 6.07) is 6.07. The van der Waals surface area contributed by atoms with Crippen molar-refractivity contribution >= 4 is 11.6 Å². The molecule has 118 valence electrons.